The molecule has 4 nitrogen and oxygen atoms in total. The van der Waals surface area contributed by atoms with Gasteiger partial charge in [-0.05, 0) is 26.7 Å². The van der Waals surface area contributed by atoms with E-state index in [0.29, 0.717) is 13.2 Å². The number of hydrogen-bond acceptors (Lipinski definition) is 3. The summed E-state index contributed by atoms with van der Waals surface area (Å²) in [4.78, 5) is 0. The van der Waals surface area contributed by atoms with E-state index in [-0.39, 0.29) is 5.54 Å². The molecule has 1 aromatic heterocycles. The number of rotatable bonds is 5. The maximum atomic E-state index is 6.46. The predicted molar refractivity (Wildman–Crippen MR) is 81.9 cm³/mol. The molecule has 0 unspecified atom stereocenters. The Kier molecular flexibility index (Phi) is 5.47. The van der Waals surface area contributed by atoms with E-state index in [1.54, 1.807) is 0 Å². The number of hydrogen-bond donors (Lipinski definition) is 1. The van der Waals surface area contributed by atoms with Crippen LogP contribution in [0.2, 0.25) is 5.02 Å². The van der Waals surface area contributed by atoms with E-state index in [4.69, 9.17) is 22.1 Å². The fourth-order valence-corrected chi connectivity index (χ4v) is 3.12. The average Bonchev–Trinajstić information content (AvgIpc) is 2.60. The van der Waals surface area contributed by atoms with Crippen molar-refractivity contribution in [2.45, 2.75) is 71.1 Å². The fourth-order valence-electron chi connectivity index (χ4n) is 2.93. The van der Waals surface area contributed by atoms with Gasteiger partial charge >= 0.3 is 0 Å². The number of nitrogens with zero attached hydrogens (tertiary/aromatic N) is 2. The lowest BCUT2D eigenvalue weighted by Crippen LogP contribution is -2.44. The van der Waals surface area contributed by atoms with Crippen LogP contribution in [0.5, 0.6) is 0 Å². The molecule has 0 radical (unpaired) electrons. The van der Waals surface area contributed by atoms with Crippen molar-refractivity contribution in [3.05, 3.63) is 16.4 Å². The molecule has 0 bridgehead atoms. The van der Waals surface area contributed by atoms with Gasteiger partial charge in [-0.1, -0.05) is 37.3 Å². The van der Waals surface area contributed by atoms with Crippen molar-refractivity contribution in [2.75, 3.05) is 6.61 Å². The second-order valence-electron chi connectivity index (χ2n) is 5.93. The topological polar surface area (TPSA) is 53.1 Å². The Morgan fingerprint density at radius 1 is 1.30 bits per heavy atom. The van der Waals surface area contributed by atoms with Gasteiger partial charge in [0.1, 0.15) is 0 Å². The van der Waals surface area contributed by atoms with Gasteiger partial charge in [-0.2, -0.15) is 5.10 Å². The zero-order chi connectivity index (χ0) is 14.6. The minimum Gasteiger partial charge on any atom is -0.373 e. The fraction of sp³-hybridized carbons (Fsp3) is 0.800. The first-order chi connectivity index (χ1) is 9.56. The molecule has 20 heavy (non-hydrogen) atoms. The summed E-state index contributed by atoms with van der Waals surface area (Å²) < 4.78 is 7.79. The number of ether oxygens (including phenoxy) is 1. The van der Waals surface area contributed by atoms with Gasteiger partial charge in [-0.15, -0.1) is 0 Å². The first kappa shape index (κ1) is 15.8. The lowest BCUT2D eigenvalue weighted by atomic mass is 9.93. The molecule has 1 saturated carbocycles. The van der Waals surface area contributed by atoms with Gasteiger partial charge in [0.2, 0.25) is 0 Å². The molecule has 114 valence electrons. The second-order valence-corrected chi connectivity index (χ2v) is 6.31. The van der Waals surface area contributed by atoms with Gasteiger partial charge in [-0.25, -0.2) is 0 Å². The third kappa shape index (κ3) is 3.74. The zero-order valence-corrected chi connectivity index (χ0v) is 13.4. The maximum absolute atomic E-state index is 6.46. The van der Waals surface area contributed by atoms with Crippen molar-refractivity contribution < 1.29 is 4.74 Å². The average molecular weight is 300 g/mol. The summed E-state index contributed by atoms with van der Waals surface area (Å²) in [6.07, 6.45) is 7.15. The van der Waals surface area contributed by atoms with E-state index >= 15 is 0 Å². The zero-order valence-electron chi connectivity index (χ0n) is 12.6. The summed E-state index contributed by atoms with van der Waals surface area (Å²) >= 11 is 6.28. The molecule has 1 aliphatic rings. The smallest absolute Gasteiger partial charge is 0.0900 e. The molecule has 1 aromatic rings. The molecule has 0 spiro atoms. The van der Waals surface area contributed by atoms with Gasteiger partial charge in [0.25, 0.3) is 0 Å². The molecule has 1 fully saturated rings. The summed E-state index contributed by atoms with van der Waals surface area (Å²) in [5.41, 5.74) is 8.13. The Hall–Kier alpha value is -0.580. The number of aryl methyl sites for hydroxylation is 2. The van der Waals surface area contributed by atoms with Crippen molar-refractivity contribution in [3.63, 3.8) is 0 Å². The molecular weight excluding hydrogens is 274 g/mol. The minimum absolute atomic E-state index is 0.158. The third-order valence-electron chi connectivity index (χ3n) is 4.18. The van der Waals surface area contributed by atoms with Crippen molar-refractivity contribution in [1.82, 2.24) is 9.78 Å². The summed E-state index contributed by atoms with van der Waals surface area (Å²) in [7, 11) is 0. The molecule has 0 aliphatic heterocycles. The Morgan fingerprint density at radius 3 is 2.55 bits per heavy atom. The van der Waals surface area contributed by atoms with Gasteiger partial charge in [-0.3, -0.25) is 4.68 Å². The van der Waals surface area contributed by atoms with Crippen LogP contribution >= 0.6 is 11.6 Å². The lowest BCUT2D eigenvalue weighted by Gasteiger charge is -2.27. The molecule has 0 aromatic carbocycles. The van der Waals surface area contributed by atoms with Crippen LogP contribution in [0, 0.1) is 6.92 Å². The monoisotopic (exact) mass is 299 g/mol. The highest BCUT2D eigenvalue weighted by molar-refractivity contribution is 6.31. The Labute approximate surface area is 126 Å². The molecule has 0 amide bonds. The quantitative estimate of drug-likeness (QED) is 0.848. The predicted octanol–water partition coefficient (Wildman–Crippen LogP) is 3.43. The summed E-state index contributed by atoms with van der Waals surface area (Å²) in [6.45, 7) is 5.89. The summed E-state index contributed by atoms with van der Waals surface area (Å²) in [5, 5.41) is 5.12. The van der Waals surface area contributed by atoms with Crippen LogP contribution in [0.25, 0.3) is 0 Å². The van der Waals surface area contributed by atoms with Crippen molar-refractivity contribution >= 4 is 11.6 Å². The summed E-state index contributed by atoms with van der Waals surface area (Å²) in [6, 6.07) is 0. The number of aromatic nitrogens is 2. The van der Waals surface area contributed by atoms with Crippen LogP contribution in [-0.2, 0) is 17.9 Å². The highest BCUT2D eigenvalue weighted by Gasteiger charge is 2.26. The van der Waals surface area contributed by atoms with Crippen LogP contribution in [-0.4, -0.2) is 21.9 Å². The third-order valence-corrected chi connectivity index (χ3v) is 4.67. The van der Waals surface area contributed by atoms with Crippen LogP contribution in [0.1, 0.15) is 56.8 Å². The van der Waals surface area contributed by atoms with E-state index in [0.717, 1.165) is 35.8 Å². The van der Waals surface area contributed by atoms with Crippen molar-refractivity contribution in [2.24, 2.45) is 5.73 Å². The molecule has 1 aliphatic carbocycles. The second kappa shape index (κ2) is 6.92. The van der Waals surface area contributed by atoms with E-state index in [1.807, 2.05) is 11.6 Å². The highest BCUT2D eigenvalue weighted by Crippen LogP contribution is 2.26. The van der Waals surface area contributed by atoms with E-state index in [2.05, 4.69) is 12.0 Å². The van der Waals surface area contributed by atoms with E-state index in [1.165, 1.54) is 25.7 Å². The molecule has 0 atom stereocenters. The first-order valence-corrected chi connectivity index (χ1v) is 8.02. The Morgan fingerprint density at radius 2 is 1.95 bits per heavy atom. The van der Waals surface area contributed by atoms with Gasteiger partial charge in [0, 0.05) is 12.1 Å². The molecule has 2 rings (SSSR count). The Balaban J connectivity index is 1.92. The molecule has 2 N–H and O–H groups in total. The molecule has 5 heteroatoms. The van der Waals surface area contributed by atoms with E-state index in [9.17, 15) is 0 Å². The van der Waals surface area contributed by atoms with Gasteiger partial charge in [0.05, 0.1) is 29.6 Å². The van der Waals surface area contributed by atoms with Crippen LogP contribution < -0.4 is 5.73 Å². The standard InChI is InChI=1S/C15H26ClN3O/c1-3-19-13(14(16)12(2)18-19)10-20-11-15(17)8-6-4-5-7-9-15/h3-11,17H2,1-2H3. The lowest BCUT2D eigenvalue weighted by molar-refractivity contribution is 0.0629. The maximum Gasteiger partial charge on any atom is 0.0900 e. The molecule has 0 saturated heterocycles. The minimum atomic E-state index is -0.158. The van der Waals surface area contributed by atoms with Crippen molar-refractivity contribution in [3.8, 4) is 0 Å². The van der Waals surface area contributed by atoms with Crippen LogP contribution in [0.4, 0.5) is 0 Å². The SMILES string of the molecule is CCn1nc(C)c(Cl)c1COCC1(N)CCCCCC1. The number of nitrogens with two attached hydrogens (primary N) is 1. The van der Waals surface area contributed by atoms with Crippen LogP contribution in [0.15, 0.2) is 0 Å². The Bertz CT molecular complexity index is 437. The molecule has 1 heterocycles. The van der Waals surface area contributed by atoms with Gasteiger partial charge < -0.3 is 10.5 Å². The summed E-state index contributed by atoms with van der Waals surface area (Å²) in [5.74, 6) is 0. The molecular formula is C15H26ClN3O. The first-order valence-electron chi connectivity index (χ1n) is 7.64. The normalized spacial score (nSPS) is 19.0. The largest absolute Gasteiger partial charge is 0.373 e. The number of halogens is 1. The van der Waals surface area contributed by atoms with Gasteiger partial charge in [0.15, 0.2) is 0 Å². The van der Waals surface area contributed by atoms with Crippen LogP contribution in [0.3, 0.4) is 0 Å². The van der Waals surface area contributed by atoms with E-state index < -0.39 is 0 Å². The van der Waals surface area contributed by atoms with Crippen molar-refractivity contribution in [1.29, 1.82) is 0 Å². The highest BCUT2D eigenvalue weighted by atomic mass is 35.5.